The Balaban J connectivity index is 2.08. The Labute approximate surface area is 144 Å². The summed E-state index contributed by atoms with van der Waals surface area (Å²) < 4.78 is 11.2. The number of carbonyl (C=O) groups excluding carboxylic acids is 1. The number of carbonyl (C=O) groups is 1. The maximum atomic E-state index is 12.3. The van der Waals surface area contributed by atoms with Crippen LogP contribution in [0.25, 0.3) is 0 Å². The Kier molecular flexibility index (Phi) is 5.02. The molecule has 2 rings (SSSR count). The van der Waals surface area contributed by atoms with Crippen LogP contribution in [0.15, 0.2) is 48.5 Å². The lowest BCUT2D eigenvalue weighted by atomic mass is 9.97. The molecule has 0 fully saturated rings. The molecule has 0 atom stereocenters. The number of hydrogen-bond donors (Lipinski definition) is 0. The summed E-state index contributed by atoms with van der Waals surface area (Å²) in [6.45, 7) is 11.5. The van der Waals surface area contributed by atoms with Gasteiger partial charge in [-0.05, 0) is 52.7 Å². The third kappa shape index (κ3) is 4.38. The summed E-state index contributed by atoms with van der Waals surface area (Å²) in [7, 11) is 0. The van der Waals surface area contributed by atoms with Crippen molar-refractivity contribution in [3.05, 3.63) is 70.8 Å². The molecule has 0 radical (unpaired) electrons. The van der Waals surface area contributed by atoms with E-state index in [0.29, 0.717) is 0 Å². The van der Waals surface area contributed by atoms with Crippen molar-refractivity contribution in [2.45, 2.75) is 52.7 Å². The predicted octanol–water partition coefficient (Wildman–Crippen LogP) is 5.63. The maximum Gasteiger partial charge on any atom is 0.510 e. The van der Waals surface area contributed by atoms with Crippen LogP contribution in [-0.4, -0.2) is 6.16 Å². The highest BCUT2D eigenvalue weighted by atomic mass is 16.7. The minimum Gasteiger partial charge on any atom is -0.423 e. The molecule has 0 N–H and O–H groups in total. The largest absolute Gasteiger partial charge is 0.510 e. The van der Waals surface area contributed by atoms with Crippen LogP contribution in [0, 0.1) is 13.8 Å². The van der Waals surface area contributed by atoms with Gasteiger partial charge in [-0.25, -0.2) is 4.79 Å². The maximum absolute atomic E-state index is 12.3. The van der Waals surface area contributed by atoms with Crippen LogP contribution in [-0.2, 0) is 20.7 Å². The lowest BCUT2D eigenvalue weighted by molar-refractivity contribution is -0.0634. The highest BCUT2D eigenvalue weighted by Crippen LogP contribution is 2.29. The molecular formula is C21H26O3. The molecule has 0 aliphatic carbocycles. The second kappa shape index (κ2) is 6.68. The zero-order chi connectivity index (χ0) is 18.0. The fourth-order valence-corrected chi connectivity index (χ4v) is 2.47. The van der Waals surface area contributed by atoms with Crippen LogP contribution in [0.1, 0.15) is 49.9 Å². The van der Waals surface area contributed by atoms with E-state index in [1.807, 2.05) is 90.1 Å². The Morgan fingerprint density at radius 1 is 0.667 bits per heavy atom. The SMILES string of the molecule is Cc1ccc(C(C)(C)OC(=O)OC(C)(C)c2ccc(C)cc2)cc1. The zero-order valence-electron chi connectivity index (χ0n) is 15.3. The molecule has 3 nitrogen and oxygen atoms in total. The first-order valence-corrected chi connectivity index (χ1v) is 8.16. The molecule has 128 valence electrons. The standard InChI is InChI=1S/C21H26O3/c1-15-7-11-17(12-8-15)20(3,4)23-19(22)24-21(5,6)18-13-9-16(2)10-14-18/h7-14H,1-6H3. The van der Waals surface area contributed by atoms with Crippen LogP contribution in [0.4, 0.5) is 4.79 Å². The smallest absolute Gasteiger partial charge is 0.423 e. The molecule has 0 saturated carbocycles. The Hall–Kier alpha value is -2.29. The van der Waals surface area contributed by atoms with Crippen molar-refractivity contribution >= 4 is 6.16 Å². The van der Waals surface area contributed by atoms with Gasteiger partial charge in [-0.15, -0.1) is 0 Å². The van der Waals surface area contributed by atoms with E-state index >= 15 is 0 Å². The van der Waals surface area contributed by atoms with E-state index in [4.69, 9.17) is 9.47 Å². The highest BCUT2D eigenvalue weighted by Gasteiger charge is 2.31. The van der Waals surface area contributed by atoms with Gasteiger partial charge < -0.3 is 9.47 Å². The topological polar surface area (TPSA) is 35.5 Å². The Bertz CT molecular complexity index is 633. The van der Waals surface area contributed by atoms with E-state index in [2.05, 4.69) is 0 Å². The molecule has 0 aliphatic heterocycles. The number of hydrogen-bond acceptors (Lipinski definition) is 3. The number of aryl methyl sites for hydroxylation is 2. The molecule has 3 heteroatoms. The summed E-state index contributed by atoms with van der Waals surface area (Å²) in [5.74, 6) is 0. The van der Waals surface area contributed by atoms with E-state index in [1.54, 1.807) is 0 Å². The van der Waals surface area contributed by atoms with Gasteiger partial charge in [-0.1, -0.05) is 59.7 Å². The molecule has 0 saturated heterocycles. The third-order valence-electron chi connectivity index (χ3n) is 4.17. The van der Waals surface area contributed by atoms with Crippen molar-refractivity contribution in [3.8, 4) is 0 Å². The van der Waals surface area contributed by atoms with Gasteiger partial charge in [-0.2, -0.15) is 0 Å². The molecule has 0 heterocycles. The van der Waals surface area contributed by atoms with Crippen molar-refractivity contribution in [3.63, 3.8) is 0 Å². The van der Waals surface area contributed by atoms with Gasteiger partial charge in [0.1, 0.15) is 11.2 Å². The minimum absolute atomic E-state index is 0.675. The molecule has 0 bridgehead atoms. The summed E-state index contributed by atoms with van der Waals surface area (Å²) in [5.41, 5.74) is 2.68. The van der Waals surface area contributed by atoms with Crippen molar-refractivity contribution < 1.29 is 14.3 Å². The van der Waals surface area contributed by atoms with E-state index in [9.17, 15) is 4.79 Å². The summed E-state index contributed by atoms with van der Waals surface area (Å²) in [5, 5.41) is 0. The molecule has 2 aromatic carbocycles. The van der Waals surface area contributed by atoms with Crippen LogP contribution in [0.2, 0.25) is 0 Å². The number of rotatable bonds is 4. The molecule has 0 amide bonds. The Morgan fingerprint density at radius 3 is 1.25 bits per heavy atom. The van der Waals surface area contributed by atoms with Gasteiger partial charge in [0, 0.05) is 0 Å². The summed E-state index contributed by atoms with van der Waals surface area (Å²) in [4.78, 5) is 12.3. The quantitative estimate of drug-likeness (QED) is 0.683. The first-order valence-electron chi connectivity index (χ1n) is 8.16. The normalized spacial score (nSPS) is 11.9. The summed E-state index contributed by atoms with van der Waals surface area (Å²) >= 11 is 0. The predicted molar refractivity (Wildman–Crippen MR) is 96.0 cm³/mol. The minimum atomic E-state index is -0.756. The fraction of sp³-hybridized carbons (Fsp3) is 0.381. The molecular weight excluding hydrogens is 300 g/mol. The number of ether oxygens (including phenoxy) is 2. The van der Waals surface area contributed by atoms with Crippen LogP contribution in [0.3, 0.4) is 0 Å². The average Bonchev–Trinajstić information content (AvgIpc) is 2.46. The van der Waals surface area contributed by atoms with Crippen molar-refractivity contribution in [1.82, 2.24) is 0 Å². The van der Waals surface area contributed by atoms with E-state index in [1.165, 1.54) is 0 Å². The summed E-state index contributed by atoms with van der Waals surface area (Å²) in [6, 6.07) is 15.9. The van der Waals surface area contributed by atoms with Crippen molar-refractivity contribution in [2.24, 2.45) is 0 Å². The van der Waals surface area contributed by atoms with Crippen LogP contribution < -0.4 is 0 Å². The lowest BCUT2D eigenvalue weighted by Crippen LogP contribution is -2.31. The van der Waals surface area contributed by atoms with Gasteiger partial charge in [0.15, 0.2) is 0 Å². The number of benzene rings is 2. The fourth-order valence-electron chi connectivity index (χ4n) is 2.47. The van der Waals surface area contributed by atoms with Crippen molar-refractivity contribution in [2.75, 3.05) is 0 Å². The lowest BCUT2D eigenvalue weighted by Gasteiger charge is -2.30. The van der Waals surface area contributed by atoms with Gasteiger partial charge in [-0.3, -0.25) is 0 Å². The second-order valence-electron chi connectivity index (χ2n) is 7.21. The Morgan fingerprint density at radius 2 is 0.958 bits per heavy atom. The molecule has 24 heavy (non-hydrogen) atoms. The second-order valence-corrected chi connectivity index (χ2v) is 7.21. The van der Waals surface area contributed by atoms with Crippen LogP contribution in [0.5, 0.6) is 0 Å². The van der Waals surface area contributed by atoms with E-state index < -0.39 is 17.4 Å². The van der Waals surface area contributed by atoms with Gasteiger partial charge in [0.25, 0.3) is 0 Å². The third-order valence-corrected chi connectivity index (χ3v) is 4.17. The van der Waals surface area contributed by atoms with E-state index in [-0.39, 0.29) is 0 Å². The average molecular weight is 326 g/mol. The summed E-state index contributed by atoms with van der Waals surface area (Å²) in [6.07, 6.45) is -0.675. The first-order chi connectivity index (χ1) is 11.1. The molecule has 0 aliphatic rings. The highest BCUT2D eigenvalue weighted by molar-refractivity contribution is 5.62. The first kappa shape index (κ1) is 18.1. The molecule has 0 aromatic heterocycles. The molecule has 0 unspecified atom stereocenters. The molecule has 2 aromatic rings. The monoisotopic (exact) mass is 326 g/mol. The van der Waals surface area contributed by atoms with E-state index in [0.717, 1.165) is 22.3 Å². The molecule has 0 spiro atoms. The van der Waals surface area contributed by atoms with Crippen molar-refractivity contribution in [1.29, 1.82) is 0 Å². The van der Waals surface area contributed by atoms with Crippen LogP contribution >= 0.6 is 0 Å². The zero-order valence-corrected chi connectivity index (χ0v) is 15.3. The van der Waals surface area contributed by atoms with Gasteiger partial charge in [0.05, 0.1) is 0 Å². The van der Waals surface area contributed by atoms with Gasteiger partial charge >= 0.3 is 6.16 Å². The van der Waals surface area contributed by atoms with Gasteiger partial charge in [0.2, 0.25) is 0 Å².